The highest BCUT2D eigenvalue weighted by Crippen LogP contribution is 2.47. The van der Waals surface area contributed by atoms with Crippen LogP contribution in [0.3, 0.4) is 0 Å². The first kappa shape index (κ1) is 25.6. The predicted molar refractivity (Wildman–Crippen MR) is 143 cm³/mol. The Morgan fingerprint density at radius 1 is 1.03 bits per heavy atom. The average molecular weight is 535 g/mol. The van der Waals surface area contributed by atoms with Crippen LogP contribution in [0.4, 0.5) is 13.2 Å². The number of hydrogen-bond donors (Lipinski definition) is 2. The molecule has 2 N–H and O–H groups in total. The van der Waals surface area contributed by atoms with Crippen LogP contribution in [0.1, 0.15) is 40.8 Å². The molecule has 9 heteroatoms. The van der Waals surface area contributed by atoms with Gasteiger partial charge in [-0.15, -0.1) is 17.3 Å². The Morgan fingerprint density at radius 2 is 1.76 bits per heavy atom. The molecule has 1 aliphatic heterocycles. The number of rotatable bonds is 7. The molecular weight excluding hydrogens is 509 g/mol. The number of halogens is 3. The van der Waals surface area contributed by atoms with E-state index in [-0.39, 0.29) is 24.3 Å². The molecule has 0 spiro atoms. The second-order valence-corrected chi connectivity index (χ2v) is 10.1. The summed E-state index contributed by atoms with van der Waals surface area (Å²) in [6.07, 6.45) is -3.82. The summed E-state index contributed by atoms with van der Waals surface area (Å²) in [6, 6.07) is 20.3. The Bertz CT molecular complexity index is 1530. The van der Waals surface area contributed by atoms with Crippen molar-refractivity contribution in [1.29, 1.82) is 0 Å². The van der Waals surface area contributed by atoms with Crippen molar-refractivity contribution in [2.75, 3.05) is 0 Å². The SMILES string of the molecule is CC#C[C@@H](CC1NN=NN1)c1ccc(OCc2ccc3sc(C(F)(F)F)c(-c4ccccc4C)c3c2)cc1. The number of nitrogens with one attached hydrogen (secondary N) is 2. The third kappa shape index (κ3) is 5.46. The van der Waals surface area contributed by atoms with Gasteiger partial charge in [-0.2, -0.15) is 13.2 Å². The van der Waals surface area contributed by atoms with Crippen LogP contribution in [-0.4, -0.2) is 6.17 Å². The Hall–Kier alpha value is -4.03. The smallest absolute Gasteiger partial charge is 0.426 e. The highest BCUT2D eigenvalue weighted by molar-refractivity contribution is 7.19. The molecule has 1 atom stereocenters. The molecule has 0 bridgehead atoms. The minimum atomic E-state index is -4.44. The Kier molecular flexibility index (Phi) is 7.25. The van der Waals surface area contributed by atoms with Crippen molar-refractivity contribution in [3.05, 3.63) is 88.3 Å². The zero-order valence-corrected chi connectivity index (χ0v) is 21.6. The van der Waals surface area contributed by atoms with Crippen molar-refractivity contribution < 1.29 is 17.9 Å². The van der Waals surface area contributed by atoms with Gasteiger partial charge in [-0.05, 0) is 60.4 Å². The zero-order chi connectivity index (χ0) is 26.7. The molecule has 38 heavy (non-hydrogen) atoms. The lowest BCUT2D eigenvalue weighted by molar-refractivity contribution is -0.133. The molecule has 0 fully saturated rings. The van der Waals surface area contributed by atoms with E-state index in [0.717, 1.165) is 28.0 Å². The fourth-order valence-electron chi connectivity index (χ4n) is 4.54. The molecule has 4 aromatic rings. The Labute approximate surface area is 222 Å². The fraction of sp³-hybridized carbons (Fsp3) is 0.241. The highest BCUT2D eigenvalue weighted by Gasteiger charge is 2.37. The molecule has 5 nitrogen and oxygen atoms in total. The lowest BCUT2D eigenvalue weighted by atomic mass is 9.95. The molecule has 1 aliphatic rings. The number of benzene rings is 3. The van der Waals surface area contributed by atoms with E-state index in [1.165, 1.54) is 0 Å². The standard InChI is InChI=1S/C29H25F3N4OS/c1-3-6-21(16-26-33-35-36-34-26)20-10-12-22(13-11-20)37-17-19-9-14-25-24(15-19)27(28(38-25)29(30,31)32)23-8-5-4-7-18(23)2/h4-5,7-15,21,26H,16-17H2,1-2H3,(H,33,36)(H,34,35)/t21-/m0/s1. The van der Waals surface area contributed by atoms with Crippen LogP contribution in [0.15, 0.2) is 77.2 Å². The molecule has 5 rings (SSSR count). The van der Waals surface area contributed by atoms with Gasteiger partial charge in [0, 0.05) is 28.0 Å². The molecular formula is C29H25F3N4OS. The monoisotopic (exact) mass is 534 g/mol. The second kappa shape index (κ2) is 10.8. The average Bonchev–Trinajstić information content (AvgIpc) is 3.55. The number of ether oxygens (including phenoxy) is 1. The van der Waals surface area contributed by atoms with Gasteiger partial charge in [0.15, 0.2) is 0 Å². The maximum absolute atomic E-state index is 14.0. The molecule has 2 heterocycles. The lowest BCUT2D eigenvalue weighted by Gasteiger charge is -2.16. The summed E-state index contributed by atoms with van der Waals surface area (Å²) in [7, 11) is 0. The molecule has 0 amide bonds. The first-order chi connectivity index (χ1) is 18.3. The van der Waals surface area contributed by atoms with E-state index in [2.05, 4.69) is 33.1 Å². The second-order valence-electron chi connectivity index (χ2n) is 9.00. The number of nitrogens with zero attached hydrogens (tertiary/aromatic N) is 2. The number of hydrogen-bond acceptors (Lipinski definition) is 6. The number of fused-ring (bicyclic) bond motifs is 1. The van der Waals surface area contributed by atoms with Gasteiger partial charge >= 0.3 is 6.18 Å². The topological polar surface area (TPSA) is 58.0 Å². The van der Waals surface area contributed by atoms with Gasteiger partial charge in [0.05, 0.1) is 0 Å². The van der Waals surface area contributed by atoms with Crippen LogP contribution in [0, 0.1) is 18.8 Å². The highest BCUT2D eigenvalue weighted by atomic mass is 32.1. The third-order valence-corrected chi connectivity index (χ3v) is 7.59. The maximum atomic E-state index is 14.0. The van der Waals surface area contributed by atoms with Gasteiger partial charge in [0.1, 0.15) is 23.4 Å². The van der Waals surface area contributed by atoms with E-state index in [4.69, 9.17) is 4.74 Å². The summed E-state index contributed by atoms with van der Waals surface area (Å²) in [5.41, 5.74) is 9.26. The molecule has 1 aromatic heterocycles. The van der Waals surface area contributed by atoms with E-state index in [1.54, 1.807) is 25.1 Å². The summed E-state index contributed by atoms with van der Waals surface area (Å²) in [4.78, 5) is -0.578. The van der Waals surface area contributed by atoms with Crippen LogP contribution < -0.4 is 15.6 Å². The third-order valence-electron chi connectivity index (χ3n) is 6.38. The first-order valence-electron chi connectivity index (χ1n) is 12.1. The Balaban J connectivity index is 1.37. The van der Waals surface area contributed by atoms with Crippen molar-refractivity contribution in [2.24, 2.45) is 10.4 Å². The van der Waals surface area contributed by atoms with Crippen LogP contribution in [0.5, 0.6) is 5.75 Å². The summed E-state index contributed by atoms with van der Waals surface area (Å²) in [5.74, 6) is 6.86. The van der Waals surface area contributed by atoms with Gasteiger partial charge in [0.2, 0.25) is 0 Å². The van der Waals surface area contributed by atoms with E-state index < -0.39 is 11.1 Å². The fourth-order valence-corrected chi connectivity index (χ4v) is 5.60. The molecule has 3 aromatic carbocycles. The normalized spacial score (nSPS) is 14.0. The van der Waals surface area contributed by atoms with Gasteiger partial charge < -0.3 is 4.74 Å². The van der Waals surface area contributed by atoms with Crippen LogP contribution in [0.25, 0.3) is 21.2 Å². The van der Waals surface area contributed by atoms with Gasteiger partial charge in [-0.1, -0.05) is 58.8 Å². The first-order valence-corrected chi connectivity index (χ1v) is 12.9. The molecule has 0 aliphatic carbocycles. The van der Waals surface area contributed by atoms with Gasteiger partial charge in [-0.3, -0.25) is 10.9 Å². The van der Waals surface area contributed by atoms with E-state index in [9.17, 15) is 13.2 Å². The Morgan fingerprint density at radius 3 is 2.45 bits per heavy atom. The minimum Gasteiger partial charge on any atom is -0.489 e. The van der Waals surface area contributed by atoms with Crippen molar-refractivity contribution in [1.82, 2.24) is 10.9 Å². The maximum Gasteiger partial charge on any atom is 0.426 e. The molecule has 0 saturated heterocycles. The van der Waals surface area contributed by atoms with Crippen LogP contribution in [0.2, 0.25) is 0 Å². The predicted octanol–water partition coefficient (Wildman–Crippen LogP) is 7.77. The van der Waals surface area contributed by atoms with E-state index >= 15 is 0 Å². The quantitative estimate of drug-likeness (QED) is 0.238. The van der Waals surface area contributed by atoms with E-state index in [0.29, 0.717) is 27.8 Å². The number of thiophene rings is 1. The zero-order valence-electron chi connectivity index (χ0n) is 20.8. The molecule has 0 unspecified atom stereocenters. The van der Waals surface area contributed by atoms with Gasteiger partial charge in [-0.25, -0.2) is 0 Å². The minimum absolute atomic E-state index is 0.00811. The van der Waals surface area contributed by atoms with Crippen LogP contribution in [-0.2, 0) is 12.8 Å². The van der Waals surface area contributed by atoms with Crippen molar-refractivity contribution >= 4 is 21.4 Å². The van der Waals surface area contributed by atoms with Gasteiger partial charge in [0.25, 0.3) is 0 Å². The van der Waals surface area contributed by atoms with Crippen LogP contribution >= 0.6 is 11.3 Å². The molecule has 194 valence electrons. The van der Waals surface area contributed by atoms with E-state index in [1.807, 2.05) is 55.5 Å². The van der Waals surface area contributed by atoms with Crippen molar-refractivity contribution in [2.45, 2.75) is 45.1 Å². The van der Waals surface area contributed by atoms with Crippen molar-refractivity contribution in [3.8, 4) is 28.7 Å². The summed E-state index contributed by atoms with van der Waals surface area (Å²) in [5, 5.41) is 8.06. The summed E-state index contributed by atoms with van der Waals surface area (Å²) in [6.45, 7) is 3.87. The lowest BCUT2D eigenvalue weighted by Crippen LogP contribution is -2.32. The molecule has 0 saturated carbocycles. The van der Waals surface area contributed by atoms with Crippen molar-refractivity contribution in [3.63, 3.8) is 0 Å². The summed E-state index contributed by atoms with van der Waals surface area (Å²) < 4.78 is 48.6. The number of alkyl halides is 3. The largest absolute Gasteiger partial charge is 0.489 e. The number of aryl methyl sites for hydroxylation is 1. The summed E-state index contributed by atoms with van der Waals surface area (Å²) >= 11 is 0.779. The molecule has 0 radical (unpaired) electrons.